The highest BCUT2D eigenvalue weighted by Gasteiger charge is 2.60. The summed E-state index contributed by atoms with van der Waals surface area (Å²) in [5.74, 6) is 0.235. The van der Waals surface area contributed by atoms with Gasteiger partial charge in [0, 0.05) is 37.8 Å². The van der Waals surface area contributed by atoms with Crippen LogP contribution < -0.4 is 11.1 Å². The van der Waals surface area contributed by atoms with Crippen molar-refractivity contribution in [1.82, 2.24) is 15.2 Å². The Labute approximate surface area is 164 Å². The minimum Gasteiger partial charge on any atom is -0.444 e. The van der Waals surface area contributed by atoms with Gasteiger partial charge in [0.2, 0.25) is 5.91 Å². The molecule has 7 nitrogen and oxygen atoms in total. The van der Waals surface area contributed by atoms with E-state index in [1.165, 1.54) is 6.08 Å². The van der Waals surface area contributed by atoms with Gasteiger partial charge in [0.05, 0.1) is 0 Å². The lowest BCUT2D eigenvalue weighted by molar-refractivity contribution is -0.116. The molecule has 1 aliphatic heterocycles. The fourth-order valence-corrected chi connectivity index (χ4v) is 3.66. The van der Waals surface area contributed by atoms with Crippen LogP contribution in [0.4, 0.5) is 15.0 Å². The monoisotopic (exact) mass is 390 g/mol. The Kier molecular flexibility index (Phi) is 5.58. The number of pyridine rings is 1. The van der Waals surface area contributed by atoms with Gasteiger partial charge < -0.3 is 20.7 Å². The maximum atomic E-state index is 14.5. The molecule has 1 aliphatic carbocycles. The van der Waals surface area contributed by atoms with Gasteiger partial charge >= 0.3 is 6.09 Å². The van der Waals surface area contributed by atoms with Gasteiger partial charge in [0.1, 0.15) is 17.6 Å². The van der Waals surface area contributed by atoms with Crippen molar-refractivity contribution in [2.75, 3.05) is 25.4 Å². The first kappa shape index (κ1) is 20.1. The summed E-state index contributed by atoms with van der Waals surface area (Å²) in [6.45, 7) is 6.47. The van der Waals surface area contributed by atoms with Crippen molar-refractivity contribution in [3.05, 3.63) is 30.0 Å². The third kappa shape index (κ3) is 4.99. The van der Waals surface area contributed by atoms with Crippen molar-refractivity contribution in [2.45, 2.75) is 32.5 Å². The molecule has 3 N–H and O–H groups in total. The lowest BCUT2D eigenvalue weighted by Crippen LogP contribution is -2.38. The predicted molar refractivity (Wildman–Crippen MR) is 104 cm³/mol. The number of anilines is 1. The van der Waals surface area contributed by atoms with Crippen LogP contribution in [-0.2, 0) is 9.53 Å². The number of likely N-dealkylation sites (tertiary alicyclic amines) is 1. The average molecular weight is 390 g/mol. The number of aromatic nitrogens is 1. The highest BCUT2D eigenvalue weighted by atomic mass is 19.1. The van der Waals surface area contributed by atoms with Crippen molar-refractivity contribution in [1.29, 1.82) is 0 Å². The van der Waals surface area contributed by atoms with Gasteiger partial charge in [-0.1, -0.05) is 0 Å². The summed E-state index contributed by atoms with van der Waals surface area (Å²) >= 11 is 0. The van der Waals surface area contributed by atoms with Crippen molar-refractivity contribution in [2.24, 2.45) is 17.8 Å². The molecular weight excluding hydrogens is 363 g/mol. The topological polar surface area (TPSA) is 97.5 Å². The van der Waals surface area contributed by atoms with Crippen LogP contribution in [0, 0.1) is 17.8 Å². The van der Waals surface area contributed by atoms with Crippen LogP contribution in [0.1, 0.15) is 26.3 Å². The molecule has 0 radical (unpaired) electrons. The summed E-state index contributed by atoms with van der Waals surface area (Å²) in [6, 6.07) is 3.38. The molecule has 1 aromatic rings. The lowest BCUT2D eigenvalue weighted by atomic mass is 10.1. The molecule has 0 bridgehead atoms. The number of hydrogen-bond acceptors (Lipinski definition) is 5. The summed E-state index contributed by atoms with van der Waals surface area (Å²) in [7, 11) is 0. The van der Waals surface area contributed by atoms with Crippen LogP contribution in [0.2, 0.25) is 0 Å². The van der Waals surface area contributed by atoms with Gasteiger partial charge in [-0.3, -0.25) is 4.79 Å². The maximum Gasteiger partial charge on any atom is 0.410 e. The van der Waals surface area contributed by atoms with Crippen LogP contribution in [0.5, 0.6) is 0 Å². The molecule has 28 heavy (non-hydrogen) atoms. The molecule has 3 atom stereocenters. The van der Waals surface area contributed by atoms with E-state index < -0.39 is 11.8 Å². The number of ether oxygens (including phenoxy) is 1. The summed E-state index contributed by atoms with van der Waals surface area (Å²) < 4.78 is 19.8. The number of halogens is 1. The summed E-state index contributed by atoms with van der Waals surface area (Å²) in [6.07, 6.45) is 3.03. The number of alkyl halides is 1. The number of piperidine rings is 1. The molecule has 8 heteroatoms. The van der Waals surface area contributed by atoms with Gasteiger partial charge in [-0.2, -0.15) is 0 Å². The SMILES string of the molecule is CC(C)(C)OC(=O)N1CC2C(C1)C2C(F)CNC(=O)/C=C/c1ccc(N)nc1. The highest BCUT2D eigenvalue weighted by Crippen LogP contribution is 2.54. The maximum absolute atomic E-state index is 14.5. The Bertz CT molecular complexity index is 748. The minimum atomic E-state index is -1.12. The van der Waals surface area contributed by atoms with Crippen LogP contribution in [0.3, 0.4) is 0 Å². The van der Waals surface area contributed by atoms with Crippen LogP contribution in [0.15, 0.2) is 24.4 Å². The summed E-state index contributed by atoms with van der Waals surface area (Å²) in [4.78, 5) is 29.5. The first-order chi connectivity index (χ1) is 13.1. The van der Waals surface area contributed by atoms with Gasteiger partial charge in [0.15, 0.2) is 0 Å². The second-order valence-electron chi connectivity index (χ2n) is 8.40. The number of rotatable bonds is 5. The lowest BCUT2D eigenvalue weighted by Gasteiger charge is -2.26. The Morgan fingerprint density at radius 3 is 2.64 bits per heavy atom. The molecule has 1 aromatic heterocycles. The molecular formula is C20H27FN4O3. The largest absolute Gasteiger partial charge is 0.444 e. The Morgan fingerprint density at radius 1 is 1.39 bits per heavy atom. The van der Waals surface area contributed by atoms with Crippen LogP contribution in [0.25, 0.3) is 6.08 Å². The van der Waals surface area contributed by atoms with E-state index in [1.807, 2.05) is 20.8 Å². The van der Waals surface area contributed by atoms with Gasteiger partial charge in [-0.25, -0.2) is 14.2 Å². The highest BCUT2D eigenvalue weighted by molar-refractivity contribution is 5.91. The van der Waals surface area contributed by atoms with E-state index in [0.29, 0.717) is 18.9 Å². The molecule has 1 saturated heterocycles. The third-order valence-electron chi connectivity index (χ3n) is 5.04. The van der Waals surface area contributed by atoms with Gasteiger partial charge in [0.25, 0.3) is 0 Å². The van der Waals surface area contributed by atoms with E-state index in [-0.39, 0.29) is 36.3 Å². The van der Waals surface area contributed by atoms with Crippen LogP contribution >= 0.6 is 0 Å². The molecule has 2 amide bonds. The van der Waals surface area contributed by atoms with Gasteiger partial charge in [-0.15, -0.1) is 0 Å². The van der Waals surface area contributed by atoms with E-state index in [1.54, 1.807) is 29.3 Å². The second-order valence-corrected chi connectivity index (χ2v) is 8.40. The summed E-state index contributed by atoms with van der Waals surface area (Å²) in [5, 5.41) is 2.59. The molecule has 2 aliphatic rings. The average Bonchev–Trinajstić information content (AvgIpc) is 3.11. The first-order valence-electron chi connectivity index (χ1n) is 9.43. The molecule has 2 fully saturated rings. The molecule has 3 unspecified atom stereocenters. The number of carbonyl (C=O) groups excluding carboxylic acids is 2. The number of carbonyl (C=O) groups is 2. The number of nitrogens with zero attached hydrogens (tertiary/aromatic N) is 2. The predicted octanol–water partition coefficient (Wildman–Crippen LogP) is 2.24. The van der Waals surface area contributed by atoms with E-state index in [0.717, 1.165) is 5.56 Å². The zero-order chi connectivity index (χ0) is 20.5. The second kappa shape index (κ2) is 7.77. The molecule has 3 rings (SSSR count). The number of amides is 2. The Hall–Kier alpha value is -2.64. The quantitative estimate of drug-likeness (QED) is 0.752. The zero-order valence-electron chi connectivity index (χ0n) is 16.4. The van der Waals surface area contributed by atoms with Crippen molar-refractivity contribution in [3.8, 4) is 0 Å². The first-order valence-corrected chi connectivity index (χ1v) is 9.43. The fourth-order valence-electron chi connectivity index (χ4n) is 3.66. The molecule has 0 spiro atoms. The van der Waals surface area contributed by atoms with E-state index in [9.17, 15) is 14.0 Å². The Morgan fingerprint density at radius 2 is 2.07 bits per heavy atom. The standard InChI is InChI=1S/C20H27FN4O3/c1-20(2,3)28-19(27)25-10-13-14(11-25)18(13)15(21)9-24-17(26)7-5-12-4-6-16(22)23-8-12/h4-8,13-15,18H,9-11H2,1-3H3,(H2,22,23)(H,24,26)/b7-5+. The van der Waals surface area contributed by atoms with E-state index in [4.69, 9.17) is 10.5 Å². The number of nitrogen functional groups attached to an aromatic ring is 1. The van der Waals surface area contributed by atoms with Crippen molar-refractivity contribution >= 4 is 23.9 Å². The fraction of sp³-hybridized carbons (Fsp3) is 0.550. The van der Waals surface area contributed by atoms with Gasteiger partial charge in [-0.05, 0) is 56.4 Å². The molecule has 152 valence electrons. The third-order valence-corrected chi connectivity index (χ3v) is 5.04. The number of nitrogens with one attached hydrogen (secondary N) is 1. The minimum absolute atomic E-state index is 0.0345. The van der Waals surface area contributed by atoms with E-state index >= 15 is 0 Å². The van der Waals surface area contributed by atoms with Crippen molar-refractivity contribution in [3.63, 3.8) is 0 Å². The molecule has 1 saturated carbocycles. The smallest absolute Gasteiger partial charge is 0.410 e. The number of fused-ring (bicyclic) bond motifs is 1. The number of nitrogens with two attached hydrogens (primary N) is 1. The van der Waals surface area contributed by atoms with Crippen LogP contribution in [-0.4, -0.2) is 53.3 Å². The molecule has 0 aromatic carbocycles. The zero-order valence-corrected chi connectivity index (χ0v) is 16.4. The Balaban J connectivity index is 1.39. The number of hydrogen-bond donors (Lipinski definition) is 2. The molecule has 2 heterocycles. The summed E-state index contributed by atoms with van der Waals surface area (Å²) in [5.41, 5.74) is 5.70. The van der Waals surface area contributed by atoms with Crippen molar-refractivity contribution < 1.29 is 18.7 Å². The van der Waals surface area contributed by atoms with E-state index in [2.05, 4.69) is 10.3 Å². The normalized spacial score (nSPS) is 24.7.